The van der Waals surface area contributed by atoms with E-state index in [-0.39, 0.29) is 24.8 Å². The van der Waals surface area contributed by atoms with Crippen LogP contribution < -0.4 is 5.32 Å². The van der Waals surface area contributed by atoms with Gasteiger partial charge >= 0.3 is 5.97 Å². The Balaban J connectivity index is 1.79. The quantitative estimate of drug-likeness (QED) is 0.187. The largest absolute Gasteiger partial charge is 0.481 e. The van der Waals surface area contributed by atoms with Gasteiger partial charge in [-0.25, -0.2) is 8.78 Å². The number of H-pyrrole nitrogens is 1. The highest BCUT2D eigenvalue weighted by Crippen LogP contribution is 2.45. The van der Waals surface area contributed by atoms with Gasteiger partial charge in [-0.2, -0.15) is 0 Å². The van der Waals surface area contributed by atoms with Crippen molar-refractivity contribution >= 4 is 46.0 Å². The Kier molecular flexibility index (Phi) is 8.69. The smallest absolute Gasteiger partial charge is 0.305 e. The molecule has 0 saturated carbocycles. The lowest BCUT2D eigenvalue weighted by Gasteiger charge is -2.28. The van der Waals surface area contributed by atoms with Gasteiger partial charge in [-0.15, -0.1) is 0 Å². The summed E-state index contributed by atoms with van der Waals surface area (Å²) in [6.07, 6.45) is 3.11. The zero-order valence-corrected chi connectivity index (χ0v) is 22.0. The number of carboxylic acid groups (broad SMARTS) is 1. The first kappa shape index (κ1) is 27.6. The van der Waals surface area contributed by atoms with E-state index in [2.05, 4.69) is 10.3 Å². The SMILES string of the molecule is CCCC(c1ccc(C(=O)NCCC(=O)O)cc1)C(c1cc(F)cc(F)c1)c1c[nH]c2c(Cl)cc(Cl)cc12. The first-order chi connectivity index (χ1) is 18.2. The van der Waals surface area contributed by atoms with Crippen LogP contribution in [0.5, 0.6) is 0 Å². The third kappa shape index (κ3) is 6.17. The van der Waals surface area contributed by atoms with Crippen molar-refractivity contribution < 1.29 is 23.5 Å². The van der Waals surface area contributed by atoms with Gasteiger partial charge < -0.3 is 15.4 Å². The van der Waals surface area contributed by atoms with Crippen molar-refractivity contribution in [2.75, 3.05) is 6.54 Å². The van der Waals surface area contributed by atoms with E-state index in [9.17, 15) is 18.4 Å². The monoisotopic (exact) mass is 558 g/mol. The molecule has 198 valence electrons. The molecule has 1 aromatic heterocycles. The Morgan fingerprint density at radius 3 is 2.32 bits per heavy atom. The molecule has 5 nitrogen and oxygen atoms in total. The molecule has 9 heteroatoms. The van der Waals surface area contributed by atoms with Crippen LogP contribution >= 0.6 is 23.2 Å². The Labute approximate surface area is 228 Å². The van der Waals surface area contributed by atoms with Crippen molar-refractivity contribution in [2.24, 2.45) is 0 Å². The van der Waals surface area contributed by atoms with Crippen LogP contribution in [0.15, 0.2) is 60.8 Å². The minimum atomic E-state index is -0.997. The van der Waals surface area contributed by atoms with Crippen LogP contribution in [0, 0.1) is 11.6 Å². The van der Waals surface area contributed by atoms with Crippen LogP contribution in [0.4, 0.5) is 8.78 Å². The lowest BCUT2D eigenvalue weighted by molar-refractivity contribution is -0.136. The molecule has 1 amide bonds. The average molecular weight is 559 g/mol. The number of carbonyl (C=O) groups is 2. The van der Waals surface area contributed by atoms with Crippen molar-refractivity contribution in [3.63, 3.8) is 0 Å². The van der Waals surface area contributed by atoms with Gasteiger partial charge in [0.1, 0.15) is 11.6 Å². The summed E-state index contributed by atoms with van der Waals surface area (Å²) < 4.78 is 28.9. The third-order valence-electron chi connectivity index (χ3n) is 6.54. The van der Waals surface area contributed by atoms with Gasteiger partial charge in [-0.1, -0.05) is 48.7 Å². The highest BCUT2D eigenvalue weighted by atomic mass is 35.5. The van der Waals surface area contributed by atoms with Crippen LogP contribution in [0.2, 0.25) is 10.0 Å². The maximum Gasteiger partial charge on any atom is 0.305 e. The predicted molar refractivity (Wildman–Crippen MR) is 145 cm³/mol. The number of nitrogens with one attached hydrogen (secondary N) is 2. The number of benzene rings is 3. The molecule has 2 atom stereocenters. The van der Waals surface area contributed by atoms with Crippen LogP contribution in [-0.2, 0) is 4.79 Å². The number of amides is 1. The zero-order valence-electron chi connectivity index (χ0n) is 20.5. The molecule has 0 fully saturated rings. The maximum absolute atomic E-state index is 14.4. The van der Waals surface area contributed by atoms with Gasteiger partial charge in [0.15, 0.2) is 0 Å². The molecule has 4 rings (SSSR count). The van der Waals surface area contributed by atoms with Gasteiger partial charge in [-0.3, -0.25) is 9.59 Å². The number of hydrogen-bond donors (Lipinski definition) is 3. The van der Waals surface area contributed by atoms with Gasteiger partial charge in [0.2, 0.25) is 0 Å². The summed E-state index contributed by atoms with van der Waals surface area (Å²) in [5, 5.41) is 13.0. The van der Waals surface area contributed by atoms with Crippen LogP contribution in [0.1, 0.15) is 65.1 Å². The normalized spacial score (nSPS) is 12.9. The summed E-state index contributed by atoms with van der Waals surface area (Å²) >= 11 is 12.8. The molecule has 0 bridgehead atoms. The number of aliphatic carboxylic acids is 1. The molecule has 3 aromatic carbocycles. The molecular weight excluding hydrogens is 533 g/mol. The molecule has 3 N–H and O–H groups in total. The second kappa shape index (κ2) is 12.0. The van der Waals surface area contributed by atoms with Crippen LogP contribution in [0.3, 0.4) is 0 Å². The zero-order chi connectivity index (χ0) is 27.4. The summed E-state index contributed by atoms with van der Waals surface area (Å²) in [7, 11) is 0. The number of aromatic nitrogens is 1. The van der Waals surface area contributed by atoms with Gasteiger partial charge in [0.05, 0.1) is 17.0 Å². The molecule has 4 aromatic rings. The molecule has 38 heavy (non-hydrogen) atoms. The standard InChI is InChI=1S/C29H26Cl2F2N2O3/c1-2-3-22(16-4-6-17(7-5-16)29(38)34-9-8-26(36)37)27(18-10-20(32)14-21(33)11-18)24-15-35-28-23(24)12-19(30)13-25(28)31/h4-7,10-15,22,27,35H,2-3,8-9H2,1H3,(H,34,38)(H,36,37). The minimum Gasteiger partial charge on any atom is -0.481 e. The summed E-state index contributed by atoms with van der Waals surface area (Å²) in [5.41, 5.74) is 3.20. The van der Waals surface area contributed by atoms with Gasteiger partial charge in [-0.05, 0) is 65.4 Å². The fourth-order valence-corrected chi connectivity index (χ4v) is 5.47. The van der Waals surface area contributed by atoms with E-state index in [1.165, 1.54) is 12.1 Å². The third-order valence-corrected chi connectivity index (χ3v) is 7.06. The summed E-state index contributed by atoms with van der Waals surface area (Å²) in [6.45, 7) is 2.05. The van der Waals surface area contributed by atoms with Crippen molar-refractivity contribution in [1.82, 2.24) is 10.3 Å². The molecule has 0 aliphatic rings. The highest BCUT2D eigenvalue weighted by Gasteiger charge is 2.30. The van der Waals surface area contributed by atoms with Gasteiger partial charge in [0.25, 0.3) is 5.91 Å². The van der Waals surface area contributed by atoms with E-state index in [1.54, 1.807) is 30.5 Å². The van der Waals surface area contributed by atoms with E-state index in [4.69, 9.17) is 28.3 Å². The maximum atomic E-state index is 14.4. The second-order valence-corrected chi connectivity index (χ2v) is 10.00. The molecule has 0 spiro atoms. The first-order valence-electron chi connectivity index (χ1n) is 12.2. The molecular formula is C29H26Cl2F2N2O3. The number of aromatic amines is 1. The van der Waals surface area contributed by atoms with Crippen molar-refractivity contribution in [2.45, 2.75) is 38.0 Å². The minimum absolute atomic E-state index is 0.0211. The topological polar surface area (TPSA) is 82.2 Å². The Morgan fingerprint density at radius 2 is 1.68 bits per heavy atom. The van der Waals surface area contributed by atoms with Crippen LogP contribution in [0.25, 0.3) is 10.9 Å². The van der Waals surface area contributed by atoms with E-state index < -0.39 is 23.5 Å². The highest BCUT2D eigenvalue weighted by molar-refractivity contribution is 6.38. The second-order valence-electron chi connectivity index (χ2n) is 9.15. The predicted octanol–water partition coefficient (Wildman–Crippen LogP) is 7.67. The summed E-state index contributed by atoms with van der Waals surface area (Å²) in [6, 6.07) is 13.9. The number of carboxylic acids is 1. The Hall–Kier alpha value is -3.42. The number of hydrogen-bond acceptors (Lipinski definition) is 2. The number of halogens is 4. The van der Waals surface area contributed by atoms with Crippen molar-refractivity contribution in [3.05, 3.63) is 105 Å². The first-order valence-corrected chi connectivity index (χ1v) is 13.0. The van der Waals surface area contributed by atoms with Gasteiger partial charge in [0, 0.05) is 40.7 Å². The number of rotatable bonds is 10. The summed E-state index contributed by atoms with van der Waals surface area (Å²) in [4.78, 5) is 26.4. The Bertz CT molecular complexity index is 1450. The fourth-order valence-electron chi connectivity index (χ4n) is 4.92. The summed E-state index contributed by atoms with van der Waals surface area (Å²) in [5.74, 6) is -3.40. The molecule has 0 radical (unpaired) electrons. The van der Waals surface area contributed by atoms with Crippen molar-refractivity contribution in [3.8, 4) is 0 Å². The molecule has 0 saturated heterocycles. The van der Waals surface area contributed by atoms with Crippen molar-refractivity contribution in [1.29, 1.82) is 0 Å². The van der Waals surface area contributed by atoms with E-state index in [1.807, 2.05) is 19.1 Å². The number of fused-ring (bicyclic) bond motifs is 1. The van der Waals surface area contributed by atoms with E-state index in [0.717, 1.165) is 29.0 Å². The average Bonchev–Trinajstić information content (AvgIpc) is 3.27. The molecule has 0 aliphatic carbocycles. The Morgan fingerprint density at radius 1 is 1.00 bits per heavy atom. The molecule has 1 heterocycles. The van der Waals surface area contributed by atoms with Crippen LogP contribution in [-0.4, -0.2) is 28.5 Å². The lowest BCUT2D eigenvalue weighted by Crippen LogP contribution is -2.26. The fraction of sp³-hybridized carbons (Fsp3) is 0.241. The van der Waals surface area contributed by atoms with E-state index >= 15 is 0 Å². The number of carbonyl (C=O) groups excluding carboxylic acids is 1. The lowest BCUT2D eigenvalue weighted by atomic mass is 9.75. The van der Waals surface area contributed by atoms with E-state index in [0.29, 0.717) is 33.1 Å². The molecule has 2 unspecified atom stereocenters. The molecule has 0 aliphatic heterocycles.